The minimum absolute atomic E-state index is 0.140. The number of nitrogens with zero attached hydrogens (tertiary/aromatic N) is 1. The first-order valence-electron chi connectivity index (χ1n) is 6.71. The highest BCUT2D eigenvalue weighted by Crippen LogP contribution is 2.35. The van der Waals surface area contributed by atoms with Gasteiger partial charge in [-0.05, 0) is 51.5 Å². The van der Waals surface area contributed by atoms with Crippen LogP contribution in [0, 0.1) is 5.92 Å². The van der Waals surface area contributed by atoms with Crippen molar-refractivity contribution in [3.63, 3.8) is 0 Å². The fraction of sp³-hybridized carbons (Fsp3) is 1.00. The van der Waals surface area contributed by atoms with E-state index in [0.29, 0.717) is 12.1 Å². The minimum atomic E-state index is -0.301. The van der Waals surface area contributed by atoms with Crippen LogP contribution in [0.3, 0.4) is 0 Å². The molecule has 0 aromatic carbocycles. The summed E-state index contributed by atoms with van der Waals surface area (Å²) >= 11 is 0. The van der Waals surface area contributed by atoms with Gasteiger partial charge in [-0.15, -0.1) is 0 Å². The SMILES string of the molecule is CC1CCCN(C2CCC(N)(CO)C2)C1C. The molecular formula is C13H26N2O. The maximum Gasteiger partial charge on any atom is 0.0611 e. The summed E-state index contributed by atoms with van der Waals surface area (Å²) in [5.41, 5.74) is 5.86. The predicted octanol–water partition coefficient (Wildman–Crippen LogP) is 1.35. The Balaban J connectivity index is 1.98. The first-order chi connectivity index (χ1) is 7.56. The maximum atomic E-state index is 9.32. The fourth-order valence-electron chi connectivity index (χ4n) is 3.44. The molecule has 1 aliphatic carbocycles. The topological polar surface area (TPSA) is 49.5 Å². The lowest BCUT2D eigenvalue weighted by molar-refractivity contribution is 0.0652. The van der Waals surface area contributed by atoms with Crippen LogP contribution in [0.2, 0.25) is 0 Å². The number of rotatable bonds is 2. The molecule has 4 unspecified atom stereocenters. The van der Waals surface area contributed by atoms with Crippen LogP contribution in [-0.4, -0.2) is 40.8 Å². The number of nitrogens with two attached hydrogens (primary N) is 1. The molecule has 0 spiro atoms. The summed E-state index contributed by atoms with van der Waals surface area (Å²) < 4.78 is 0. The van der Waals surface area contributed by atoms with E-state index < -0.39 is 0 Å². The number of aliphatic hydroxyl groups is 1. The van der Waals surface area contributed by atoms with E-state index in [9.17, 15) is 5.11 Å². The molecule has 3 N–H and O–H groups in total. The molecule has 2 aliphatic rings. The molecule has 1 heterocycles. The molecule has 0 aromatic rings. The van der Waals surface area contributed by atoms with Crippen LogP contribution in [0.15, 0.2) is 0 Å². The van der Waals surface area contributed by atoms with E-state index >= 15 is 0 Å². The lowest BCUT2D eigenvalue weighted by atomic mass is 9.90. The van der Waals surface area contributed by atoms with Gasteiger partial charge in [0.25, 0.3) is 0 Å². The smallest absolute Gasteiger partial charge is 0.0611 e. The molecule has 0 bridgehead atoms. The molecular weight excluding hydrogens is 200 g/mol. The van der Waals surface area contributed by atoms with Gasteiger partial charge in [0.1, 0.15) is 0 Å². The molecule has 94 valence electrons. The van der Waals surface area contributed by atoms with Crippen molar-refractivity contribution >= 4 is 0 Å². The Bertz CT molecular complexity index is 246. The van der Waals surface area contributed by atoms with Crippen molar-refractivity contribution in [2.75, 3.05) is 13.2 Å². The summed E-state index contributed by atoms with van der Waals surface area (Å²) in [6.45, 7) is 6.06. The van der Waals surface area contributed by atoms with Gasteiger partial charge >= 0.3 is 0 Å². The lowest BCUT2D eigenvalue weighted by Crippen LogP contribution is -2.49. The van der Waals surface area contributed by atoms with Crippen molar-refractivity contribution in [2.24, 2.45) is 11.7 Å². The summed E-state index contributed by atoms with van der Waals surface area (Å²) in [5, 5.41) is 9.32. The van der Waals surface area contributed by atoms with Gasteiger partial charge in [0, 0.05) is 17.6 Å². The van der Waals surface area contributed by atoms with Crippen LogP contribution >= 0.6 is 0 Å². The molecule has 1 saturated carbocycles. The molecule has 0 radical (unpaired) electrons. The lowest BCUT2D eigenvalue weighted by Gasteiger charge is -2.42. The van der Waals surface area contributed by atoms with E-state index in [1.165, 1.54) is 19.4 Å². The zero-order chi connectivity index (χ0) is 11.8. The molecule has 2 rings (SSSR count). The Labute approximate surface area is 99.0 Å². The van der Waals surface area contributed by atoms with Crippen LogP contribution in [0.1, 0.15) is 46.0 Å². The largest absolute Gasteiger partial charge is 0.394 e. The number of hydrogen-bond donors (Lipinski definition) is 2. The highest BCUT2D eigenvalue weighted by atomic mass is 16.3. The average Bonchev–Trinajstić information content (AvgIpc) is 2.66. The third-order valence-corrected chi connectivity index (χ3v) is 4.82. The van der Waals surface area contributed by atoms with Gasteiger partial charge in [0.05, 0.1) is 6.61 Å². The van der Waals surface area contributed by atoms with E-state index in [1.54, 1.807) is 0 Å². The van der Waals surface area contributed by atoms with Crippen molar-refractivity contribution in [3.8, 4) is 0 Å². The van der Waals surface area contributed by atoms with Crippen LogP contribution < -0.4 is 5.73 Å². The molecule has 3 heteroatoms. The molecule has 1 saturated heterocycles. The normalized spacial score (nSPS) is 46.1. The summed E-state index contributed by atoms with van der Waals surface area (Å²) in [6.07, 6.45) is 5.79. The summed E-state index contributed by atoms with van der Waals surface area (Å²) in [5.74, 6) is 0.802. The van der Waals surface area contributed by atoms with E-state index in [1.807, 2.05) is 0 Å². The van der Waals surface area contributed by atoms with Crippen LogP contribution in [0.4, 0.5) is 0 Å². The average molecular weight is 226 g/mol. The van der Waals surface area contributed by atoms with E-state index in [-0.39, 0.29) is 12.1 Å². The molecule has 16 heavy (non-hydrogen) atoms. The number of aliphatic hydroxyl groups excluding tert-OH is 1. The quantitative estimate of drug-likeness (QED) is 0.747. The monoisotopic (exact) mass is 226 g/mol. The number of hydrogen-bond acceptors (Lipinski definition) is 3. The van der Waals surface area contributed by atoms with Crippen LogP contribution in [-0.2, 0) is 0 Å². The Hall–Kier alpha value is -0.120. The molecule has 0 aromatic heterocycles. The maximum absolute atomic E-state index is 9.32. The van der Waals surface area contributed by atoms with Crippen molar-refractivity contribution in [3.05, 3.63) is 0 Å². The molecule has 4 atom stereocenters. The van der Waals surface area contributed by atoms with E-state index in [2.05, 4.69) is 18.7 Å². The molecule has 1 aliphatic heterocycles. The Morgan fingerprint density at radius 2 is 2.12 bits per heavy atom. The highest BCUT2D eigenvalue weighted by Gasteiger charge is 2.40. The van der Waals surface area contributed by atoms with Gasteiger partial charge in [-0.1, -0.05) is 6.92 Å². The summed E-state index contributed by atoms with van der Waals surface area (Å²) in [7, 11) is 0. The van der Waals surface area contributed by atoms with Gasteiger partial charge < -0.3 is 10.8 Å². The number of piperidine rings is 1. The predicted molar refractivity (Wildman–Crippen MR) is 66.2 cm³/mol. The minimum Gasteiger partial charge on any atom is -0.394 e. The molecule has 0 amide bonds. The zero-order valence-corrected chi connectivity index (χ0v) is 10.7. The van der Waals surface area contributed by atoms with Gasteiger partial charge in [-0.3, -0.25) is 4.90 Å². The van der Waals surface area contributed by atoms with Crippen molar-refractivity contribution in [2.45, 2.75) is 63.6 Å². The second-order valence-corrected chi connectivity index (χ2v) is 6.02. The standard InChI is InChI=1S/C13H26N2O/c1-10-4-3-7-15(11(10)2)12-5-6-13(14,8-12)9-16/h10-12,16H,3-9,14H2,1-2H3. The van der Waals surface area contributed by atoms with Crippen LogP contribution in [0.5, 0.6) is 0 Å². The second kappa shape index (κ2) is 4.63. The Morgan fingerprint density at radius 1 is 1.38 bits per heavy atom. The van der Waals surface area contributed by atoms with E-state index in [4.69, 9.17) is 5.73 Å². The highest BCUT2D eigenvalue weighted by molar-refractivity contribution is 4.98. The Kier molecular flexibility index (Phi) is 3.57. The van der Waals surface area contributed by atoms with Crippen molar-refractivity contribution < 1.29 is 5.11 Å². The van der Waals surface area contributed by atoms with Gasteiger partial charge in [0.15, 0.2) is 0 Å². The van der Waals surface area contributed by atoms with Gasteiger partial charge in [-0.2, -0.15) is 0 Å². The Morgan fingerprint density at radius 3 is 2.75 bits per heavy atom. The third kappa shape index (κ3) is 2.27. The first-order valence-corrected chi connectivity index (χ1v) is 6.71. The molecule has 3 nitrogen and oxygen atoms in total. The fourth-order valence-corrected chi connectivity index (χ4v) is 3.44. The van der Waals surface area contributed by atoms with Crippen LogP contribution in [0.25, 0.3) is 0 Å². The van der Waals surface area contributed by atoms with Gasteiger partial charge in [0.2, 0.25) is 0 Å². The summed E-state index contributed by atoms with van der Waals surface area (Å²) in [6, 6.07) is 1.29. The first kappa shape index (κ1) is 12.3. The van der Waals surface area contributed by atoms with Crippen molar-refractivity contribution in [1.29, 1.82) is 0 Å². The number of likely N-dealkylation sites (tertiary alicyclic amines) is 1. The molecule has 2 fully saturated rings. The third-order valence-electron chi connectivity index (χ3n) is 4.82. The van der Waals surface area contributed by atoms with Gasteiger partial charge in [-0.25, -0.2) is 0 Å². The van der Waals surface area contributed by atoms with Crippen molar-refractivity contribution in [1.82, 2.24) is 4.90 Å². The zero-order valence-electron chi connectivity index (χ0n) is 10.7. The second-order valence-electron chi connectivity index (χ2n) is 6.02. The van der Waals surface area contributed by atoms with E-state index in [0.717, 1.165) is 25.2 Å². The summed E-state index contributed by atoms with van der Waals surface area (Å²) in [4.78, 5) is 2.64.